The summed E-state index contributed by atoms with van der Waals surface area (Å²) >= 11 is 0. The molecule has 2 rings (SSSR count). The number of hydrogen-bond acceptors (Lipinski definition) is 3. The van der Waals surface area contributed by atoms with E-state index in [4.69, 9.17) is 12.7 Å². The van der Waals surface area contributed by atoms with Crippen LogP contribution in [0.1, 0.15) is 38.3 Å². The molecule has 0 saturated heterocycles. The van der Waals surface area contributed by atoms with Gasteiger partial charge >= 0.3 is 0 Å². The van der Waals surface area contributed by atoms with Crippen LogP contribution in [0.2, 0.25) is 0 Å². The van der Waals surface area contributed by atoms with E-state index in [1.165, 1.54) is 0 Å². The zero-order valence-corrected chi connectivity index (χ0v) is 13.1. The lowest BCUT2D eigenvalue weighted by atomic mass is 10.2. The third-order valence-corrected chi connectivity index (χ3v) is 3.48. The molecule has 0 aliphatic heterocycles. The van der Waals surface area contributed by atoms with Gasteiger partial charge in [-0.3, -0.25) is 4.79 Å². The van der Waals surface area contributed by atoms with Gasteiger partial charge in [0.05, 0.1) is 17.2 Å². The summed E-state index contributed by atoms with van der Waals surface area (Å²) in [6.45, 7) is 5.91. The molecule has 0 N–H and O–H groups in total. The van der Waals surface area contributed by atoms with Crippen LogP contribution in [0.25, 0.3) is 12.2 Å². The highest BCUT2D eigenvalue weighted by Gasteiger charge is 2.13. The van der Waals surface area contributed by atoms with E-state index in [-0.39, 0.29) is 11.7 Å². The number of ether oxygens (including phenoxy) is 1. The minimum atomic E-state index is -0.387. The zero-order chi connectivity index (χ0) is 16.1. The molecule has 2 radical (unpaired) electrons. The van der Waals surface area contributed by atoms with Crippen LogP contribution in [0.15, 0.2) is 35.1 Å². The first-order valence-corrected chi connectivity index (χ1v) is 7.24. The van der Waals surface area contributed by atoms with Crippen molar-refractivity contribution in [2.24, 2.45) is 0 Å². The molecule has 5 heteroatoms. The summed E-state index contributed by atoms with van der Waals surface area (Å²) in [5.41, 5.74) is 0.789. The number of hydrogen-bond donors (Lipinski definition) is 0. The molecule has 0 saturated carbocycles. The molecular weight excluding hydrogens is 275 g/mol. The van der Waals surface area contributed by atoms with Crippen LogP contribution in [0.5, 0.6) is 0 Å². The Morgan fingerprint density at radius 3 is 2.55 bits per heavy atom. The monoisotopic (exact) mass is 294 g/mol. The van der Waals surface area contributed by atoms with Gasteiger partial charge in [0.1, 0.15) is 11.9 Å². The Morgan fingerprint density at radius 2 is 1.95 bits per heavy atom. The van der Waals surface area contributed by atoms with E-state index >= 15 is 0 Å². The van der Waals surface area contributed by atoms with Crippen LogP contribution in [0, 0.1) is 0 Å². The van der Waals surface area contributed by atoms with Crippen molar-refractivity contribution in [3.05, 3.63) is 62.6 Å². The highest BCUT2D eigenvalue weighted by molar-refractivity contribution is 6.06. The van der Waals surface area contributed by atoms with Gasteiger partial charge in [-0.25, -0.2) is 4.98 Å². The second-order valence-corrected chi connectivity index (χ2v) is 4.96. The summed E-state index contributed by atoms with van der Waals surface area (Å²) in [7, 11) is 5.88. The Balaban J connectivity index is 2.33. The van der Waals surface area contributed by atoms with E-state index in [0.29, 0.717) is 23.0 Å². The molecule has 0 unspecified atom stereocenters. The topological polar surface area (TPSA) is 44.1 Å². The van der Waals surface area contributed by atoms with Gasteiger partial charge in [-0.1, -0.05) is 42.5 Å². The van der Waals surface area contributed by atoms with Crippen LogP contribution in [0.3, 0.4) is 0 Å². The number of nitrogens with zero attached hydrogens (tertiary/aromatic N) is 2. The number of benzene rings is 1. The molecule has 1 aromatic carbocycles. The van der Waals surface area contributed by atoms with Crippen molar-refractivity contribution in [2.45, 2.75) is 33.5 Å². The van der Waals surface area contributed by atoms with Gasteiger partial charge in [-0.15, -0.1) is 0 Å². The van der Waals surface area contributed by atoms with Crippen molar-refractivity contribution in [1.82, 2.24) is 9.46 Å². The van der Waals surface area contributed by atoms with Crippen molar-refractivity contribution in [3.63, 3.8) is 0 Å². The highest BCUT2D eigenvalue weighted by atomic mass is 16.5. The zero-order valence-electron chi connectivity index (χ0n) is 13.1. The SMILES string of the molecule is [B]n1c([C@H](C)OCc2ccccc2)nc(=C/C)/c(=C\C)c1=O. The maximum Gasteiger partial charge on any atom is 0.247 e. The molecule has 112 valence electrons. The Bertz CT molecular complexity index is 813. The van der Waals surface area contributed by atoms with Gasteiger partial charge in [-0.2, -0.15) is 0 Å². The molecule has 1 aromatic heterocycles. The summed E-state index contributed by atoms with van der Waals surface area (Å²) in [6, 6.07) is 9.83. The van der Waals surface area contributed by atoms with E-state index in [9.17, 15) is 4.79 Å². The van der Waals surface area contributed by atoms with Crippen molar-refractivity contribution in [3.8, 4) is 0 Å². The first-order valence-electron chi connectivity index (χ1n) is 7.24. The lowest BCUT2D eigenvalue weighted by Crippen LogP contribution is -2.48. The molecule has 0 bridgehead atoms. The Hall–Kier alpha value is -2.14. The third kappa shape index (κ3) is 3.36. The summed E-state index contributed by atoms with van der Waals surface area (Å²) in [5, 5.41) is 1.13. The Labute approximate surface area is 131 Å². The average Bonchev–Trinajstić information content (AvgIpc) is 2.55. The first kappa shape index (κ1) is 16.2. The minimum absolute atomic E-state index is 0.268. The fourth-order valence-corrected chi connectivity index (χ4v) is 2.23. The van der Waals surface area contributed by atoms with Gasteiger partial charge in [0.15, 0.2) is 0 Å². The smallest absolute Gasteiger partial charge is 0.247 e. The fourth-order valence-electron chi connectivity index (χ4n) is 2.23. The highest BCUT2D eigenvalue weighted by Crippen LogP contribution is 2.13. The van der Waals surface area contributed by atoms with Crippen LogP contribution in [-0.2, 0) is 11.3 Å². The molecule has 0 amide bonds. The summed E-state index contributed by atoms with van der Waals surface area (Å²) in [6.07, 6.45) is 3.12. The Kier molecular flexibility index (Phi) is 5.33. The van der Waals surface area contributed by atoms with Crippen LogP contribution in [0.4, 0.5) is 0 Å². The molecule has 0 spiro atoms. The van der Waals surface area contributed by atoms with Crippen molar-refractivity contribution < 1.29 is 4.74 Å². The predicted molar refractivity (Wildman–Crippen MR) is 88.8 cm³/mol. The van der Waals surface area contributed by atoms with E-state index in [1.54, 1.807) is 19.1 Å². The van der Waals surface area contributed by atoms with E-state index < -0.39 is 0 Å². The predicted octanol–water partition coefficient (Wildman–Crippen LogP) is 1.05. The summed E-state index contributed by atoms with van der Waals surface area (Å²) in [4.78, 5) is 16.7. The summed E-state index contributed by atoms with van der Waals surface area (Å²) < 4.78 is 6.86. The molecule has 2 aromatic rings. The maximum absolute atomic E-state index is 12.3. The standard InChI is InChI=1S/C17H19BN2O2/c1-4-14-15(5-2)19-16(20(18)17(14)21)12(3)22-11-13-9-7-6-8-10-13/h4-10,12H,11H2,1-3H3/b14-4+,15-5+/t12-/m0/s1. The second kappa shape index (κ2) is 7.23. The molecule has 0 fully saturated rings. The van der Waals surface area contributed by atoms with Gasteiger partial charge in [0.2, 0.25) is 13.5 Å². The average molecular weight is 294 g/mol. The quantitative estimate of drug-likeness (QED) is 0.792. The summed E-state index contributed by atoms with van der Waals surface area (Å²) in [5.74, 6) is 0.416. The lowest BCUT2D eigenvalue weighted by molar-refractivity contribution is 0.0454. The number of rotatable bonds is 4. The second-order valence-electron chi connectivity index (χ2n) is 4.96. The third-order valence-electron chi connectivity index (χ3n) is 3.48. The van der Waals surface area contributed by atoms with Gasteiger partial charge < -0.3 is 9.21 Å². The molecular formula is C17H19BN2O2. The molecule has 1 heterocycles. The van der Waals surface area contributed by atoms with Crippen LogP contribution in [-0.4, -0.2) is 17.4 Å². The molecule has 22 heavy (non-hydrogen) atoms. The number of aromatic nitrogens is 2. The van der Waals surface area contributed by atoms with Crippen LogP contribution < -0.4 is 16.1 Å². The molecule has 0 aliphatic rings. The lowest BCUT2D eigenvalue weighted by Gasteiger charge is -2.16. The Morgan fingerprint density at radius 1 is 1.27 bits per heavy atom. The fraction of sp³-hybridized carbons (Fsp3) is 0.294. The first-order chi connectivity index (χ1) is 10.6. The van der Waals surface area contributed by atoms with Gasteiger partial charge in [0, 0.05) is 0 Å². The van der Waals surface area contributed by atoms with Crippen molar-refractivity contribution in [2.75, 3.05) is 0 Å². The van der Waals surface area contributed by atoms with E-state index in [1.807, 2.05) is 44.2 Å². The normalized spacial score (nSPS) is 14.3. The molecule has 4 nitrogen and oxygen atoms in total. The van der Waals surface area contributed by atoms with Crippen molar-refractivity contribution >= 4 is 20.1 Å². The van der Waals surface area contributed by atoms with Crippen molar-refractivity contribution in [1.29, 1.82) is 0 Å². The van der Waals surface area contributed by atoms with E-state index in [0.717, 1.165) is 10.0 Å². The maximum atomic E-state index is 12.3. The van der Waals surface area contributed by atoms with E-state index in [2.05, 4.69) is 4.98 Å². The van der Waals surface area contributed by atoms with Gasteiger partial charge in [0.25, 0.3) is 0 Å². The van der Waals surface area contributed by atoms with Gasteiger partial charge in [-0.05, 0) is 26.3 Å². The minimum Gasteiger partial charge on any atom is -0.366 e. The molecule has 0 aliphatic carbocycles. The van der Waals surface area contributed by atoms with Crippen LogP contribution >= 0.6 is 0 Å². The largest absolute Gasteiger partial charge is 0.366 e. The molecule has 1 atom stereocenters.